The molecule has 0 atom stereocenters. The molecule has 15 heavy (non-hydrogen) atoms. The van der Waals surface area contributed by atoms with Crippen LogP contribution in [0.3, 0.4) is 0 Å². The van der Waals surface area contributed by atoms with Gasteiger partial charge in [-0.05, 0) is 31.5 Å². The van der Waals surface area contributed by atoms with E-state index in [-0.39, 0.29) is 0 Å². The van der Waals surface area contributed by atoms with Gasteiger partial charge in [-0.1, -0.05) is 11.2 Å². The standard InChI is InChI=1S/C11H11NO3/c1-11(2,10(13)14)8-4-3-7-6-12-15-9(7)5-8/h3-6H,1-2H3,(H,13,14). The van der Waals surface area contributed by atoms with Crippen molar-refractivity contribution >= 4 is 16.9 Å². The van der Waals surface area contributed by atoms with E-state index in [9.17, 15) is 4.79 Å². The van der Waals surface area contributed by atoms with Gasteiger partial charge in [0.15, 0.2) is 5.58 Å². The molecule has 0 amide bonds. The van der Waals surface area contributed by atoms with Crippen LogP contribution in [0.5, 0.6) is 0 Å². The van der Waals surface area contributed by atoms with E-state index >= 15 is 0 Å². The molecule has 0 radical (unpaired) electrons. The number of hydrogen-bond donors (Lipinski definition) is 1. The number of aromatic nitrogens is 1. The minimum absolute atomic E-state index is 0.613. The van der Waals surface area contributed by atoms with Crippen LogP contribution in [0.2, 0.25) is 0 Å². The number of aliphatic carboxylic acids is 1. The molecule has 0 aliphatic heterocycles. The minimum atomic E-state index is -0.916. The first-order valence-electron chi connectivity index (χ1n) is 4.60. The SMILES string of the molecule is CC(C)(C(=O)O)c1ccc2cnoc2c1. The summed E-state index contributed by atoms with van der Waals surface area (Å²) in [5.74, 6) is -0.860. The summed E-state index contributed by atoms with van der Waals surface area (Å²) in [5.41, 5.74) is 0.405. The Morgan fingerprint density at radius 3 is 2.87 bits per heavy atom. The van der Waals surface area contributed by atoms with Gasteiger partial charge >= 0.3 is 5.97 Å². The molecule has 1 heterocycles. The minimum Gasteiger partial charge on any atom is -0.481 e. The summed E-state index contributed by atoms with van der Waals surface area (Å²) in [4.78, 5) is 11.0. The summed E-state index contributed by atoms with van der Waals surface area (Å²) >= 11 is 0. The van der Waals surface area contributed by atoms with Crippen LogP contribution in [0.4, 0.5) is 0 Å². The Labute approximate surface area is 86.5 Å². The Kier molecular flexibility index (Phi) is 2.00. The van der Waals surface area contributed by atoms with Crippen molar-refractivity contribution in [2.45, 2.75) is 19.3 Å². The van der Waals surface area contributed by atoms with Gasteiger partial charge in [-0.2, -0.15) is 0 Å². The Morgan fingerprint density at radius 1 is 1.47 bits per heavy atom. The molecule has 4 nitrogen and oxygen atoms in total. The first-order valence-corrected chi connectivity index (χ1v) is 4.60. The average molecular weight is 205 g/mol. The second kappa shape index (κ2) is 3.08. The van der Waals surface area contributed by atoms with E-state index in [0.717, 1.165) is 5.39 Å². The number of rotatable bonds is 2. The molecular weight excluding hydrogens is 194 g/mol. The number of carboxylic acids is 1. The van der Waals surface area contributed by atoms with E-state index in [1.54, 1.807) is 32.2 Å². The fraction of sp³-hybridized carbons (Fsp3) is 0.273. The lowest BCUT2D eigenvalue weighted by atomic mass is 9.84. The maximum absolute atomic E-state index is 11.0. The molecule has 0 unspecified atom stereocenters. The van der Waals surface area contributed by atoms with Crippen LogP contribution in [0.15, 0.2) is 28.9 Å². The Bertz CT molecular complexity index is 513. The van der Waals surface area contributed by atoms with Gasteiger partial charge in [-0.3, -0.25) is 4.79 Å². The summed E-state index contributed by atoms with van der Waals surface area (Å²) in [6, 6.07) is 5.32. The van der Waals surface area contributed by atoms with Crippen LogP contribution < -0.4 is 0 Å². The zero-order valence-electron chi connectivity index (χ0n) is 8.52. The fourth-order valence-electron chi connectivity index (χ4n) is 1.37. The van der Waals surface area contributed by atoms with Crippen molar-refractivity contribution in [3.05, 3.63) is 30.0 Å². The number of fused-ring (bicyclic) bond motifs is 1. The monoisotopic (exact) mass is 205 g/mol. The highest BCUT2D eigenvalue weighted by atomic mass is 16.5. The van der Waals surface area contributed by atoms with Crippen LogP contribution in [0.1, 0.15) is 19.4 Å². The highest BCUT2D eigenvalue weighted by Gasteiger charge is 2.29. The average Bonchev–Trinajstić information content (AvgIpc) is 2.63. The second-order valence-corrected chi connectivity index (χ2v) is 4.01. The molecule has 0 aliphatic carbocycles. The van der Waals surface area contributed by atoms with E-state index in [1.165, 1.54) is 0 Å². The lowest BCUT2D eigenvalue weighted by Gasteiger charge is -2.19. The van der Waals surface area contributed by atoms with Crippen molar-refractivity contribution in [3.8, 4) is 0 Å². The Morgan fingerprint density at radius 2 is 2.20 bits per heavy atom. The molecule has 0 fully saturated rings. The summed E-state index contributed by atoms with van der Waals surface area (Å²) in [5, 5.41) is 13.6. The predicted octanol–water partition coefficient (Wildman–Crippen LogP) is 2.19. The highest BCUT2D eigenvalue weighted by Crippen LogP contribution is 2.26. The van der Waals surface area contributed by atoms with Crippen LogP contribution >= 0.6 is 0 Å². The van der Waals surface area contributed by atoms with Gasteiger partial charge in [-0.25, -0.2) is 0 Å². The third-order valence-electron chi connectivity index (χ3n) is 2.61. The largest absolute Gasteiger partial charge is 0.481 e. The van der Waals surface area contributed by atoms with E-state index in [2.05, 4.69) is 5.16 Å². The zero-order chi connectivity index (χ0) is 11.1. The van der Waals surface area contributed by atoms with E-state index in [4.69, 9.17) is 9.63 Å². The van der Waals surface area contributed by atoms with Crippen LogP contribution in [0.25, 0.3) is 11.0 Å². The van der Waals surface area contributed by atoms with Crippen molar-refractivity contribution in [1.29, 1.82) is 0 Å². The van der Waals surface area contributed by atoms with Gasteiger partial charge in [0.25, 0.3) is 0 Å². The fourth-order valence-corrected chi connectivity index (χ4v) is 1.37. The van der Waals surface area contributed by atoms with Gasteiger partial charge < -0.3 is 9.63 Å². The van der Waals surface area contributed by atoms with Crippen molar-refractivity contribution in [1.82, 2.24) is 5.16 Å². The number of carbonyl (C=O) groups is 1. The predicted molar refractivity (Wildman–Crippen MR) is 54.7 cm³/mol. The molecule has 78 valence electrons. The van der Waals surface area contributed by atoms with Crippen molar-refractivity contribution in [2.24, 2.45) is 0 Å². The highest BCUT2D eigenvalue weighted by molar-refractivity contribution is 5.83. The van der Waals surface area contributed by atoms with Gasteiger partial charge in [0, 0.05) is 5.39 Å². The summed E-state index contributed by atoms with van der Waals surface area (Å²) in [6.45, 7) is 3.32. The molecule has 2 rings (SSSR count). The lowest BCUT2D eigenvalue weighted by molar-refractivity contribution is -0.142. The maximum Gasteiger partial charge on any atom is 0.313 e. The first kappa shape index (κ1) is 9.71. The topological polar surface area (TPSA) is 63.3 Å². The summed E-state index contributed by atoms with van der Waals surface area (Å²) in [6.07, 6.45) is 1.60. The number of hydrogen-bond acceptors (Lipinski definition) is 3. The van der Waals surface area contributed by atoms with Gasteiger partial charge in [0.1, 0.15) is 0 Å². The lowest BCUT2D eigenvalue weighted by Crippen LogP contribution is -2.28. The molecule has 0 aliphatic rings. The molecule has 2 aromatic rings. The van der Waals surface area contributed by atoms with Crippen LogP contribution in [0, 0.1) is 0 Å². The van der Waals surface area contributed by atoms with Crippen LogP contribution in [-0.4, -0.2) is 16.2 Å². The number of carboxylic acid groups (broad SMARTS) is 1. The molecule has 1 aromatic carbocycles. The quantitative estimate of drug-likeness (QED) is 0.816. The summed E-state index contributed by atoms with van der Waals surface area (Å²) in [7, 11) is 0. The Balaban J connectivity index is 2.57. The molecular formula is C11H11NO3. The Hall–Kier alpha value is -1.84. The molecule has 4 heteroatoms. The zero-order valence-corrected chi connectivity index (χ0v) is 8.52. The molecule has 1 aromatic heterocycles. The van der Waals surface area contributed by atoms with Crippen molar-refractivity contribution in [3.63, 3.8) is 0 Å². The van der Waals surface area contributed by atoms with E-state index < -0.39 is 11.4 Å². The number of benzene rings is 1. The molecule has 0 saturated heterocycles. The molecule has 0 bridgehead atoms. The number of nitrogens with zero attached hydrogens (tertiary/aromatic N) is 1. The van der Waals surface area contributed by atoms with Gasteiger partial charge in [0.2, 0.25) is 0 Å². The van der Waals surface area contributed by atoms with Gasteiger partial charge in [0.05, 0.1) is 11.6 Å². The second-order valence-electron chi connectivity index (χ2n) is 4.01. The molecule has 1 N–H and O–H groups in total. The van der Waals surface area contributed by atoms with Crippen molar-refractivity contribution in [2.75, 3.05) is 0 Å². The smallest absolute Gasteiger partial charge is 0.313 e. The third kappa shape index (κ3) is 1.48. The summed E-state index contributed by atoms with van der Waals surface area (Å²) < 4.78 is 4.99. The van der Waals surface area contributed by atoms with Crippen molar-refractivity contribution < 1.29 is 14.4 Å². The van der Waals surface area contributed by atoms with Gasteiger partial charge in [-0.15, -0.1) is 0 Å². The normalized spacial score (nSPS) is 11.9. The van der Waals surface area contributed by atoms with E-state index in [1.807, 2.05) is 6.07 Å². The first-order chi connectivity index (χ1) is 7.01. The maximum atomic E-state index is 11.0. The third-order valence-corrected chi connectivity index (χ3v) is 2.61. The van der Waals surface area contributed by atoms with E-state index in [0.29, 0.717) is 11.1 Å². The molecule has 0 spiro atoms. The molecule has 0 saturated carbocycles. The van der Waals surface area contributed by atoms with Crippen LogP contribution in [-0.2, 0) is 10.2 Å².